The molecular formula is C13H17N3O. The Morgan fingerprint density at radius 2 is 2.29 bits per heavy atom. The second kappa shape index (κ2) is 4.04. The summed E-state index contributed by atoms with van der Waals surface area (Å²) in [6, 6.07) is 8.43. The predicted octanol–water partition coefficient (Wildman–Crippen LogP) is 2.22. The van der Waals surface area contributed by atoms with E-state index in [0.29, 0.717) is 17.9 Å². The number of anilines is 1. The number of imidazole rings is 1. The second-order valence-corrected chi connectivity index (χ2v) is 4.69. The summed E-state index contributed by atoms with van der Waals surface area (Å²) in [6.45, 7) is 3.89. The SMILES string of the molecule is CC(C1CCOC1)n1c(N)nc2ccccc21. The van der Waals surface area contributed by atoms with Gasteiger partial charge in [0.15, 0.2) is 0 Å². The highest BCUT2D eigenvalue weighted by Gasteiger charge is 2.26. The van der Waals surface area contributed by atoms with E-state index in [1.807, 2.05) is 18.2 Å². The van der Waals surface area contributed by atoms with Gasteiger partial charge in [-0.3, -0.25) is 0 Å². The lowest BCUT2D eigenvalue weighted by Crippen LogP contribution is -2.18. The number of hydrogen-bond acceptors (Lipinski definition) is 3. The van der Waals surface area contributed by atoms with E-state index in [0.717, 1.165) is 30.7 Å². The van der Waals surface area contributed by atoms with Gasteiger partial charge in [0.05, 0.1) is 17.6 Å². The Hall–Kier alpha value is -1.55. The van der Waals surface area contributed by atoms with E-state index in [2.05, 4.69) is 22.5 Å². The summed E-state index contributed by atoms with van der Waals surface area (Å²) in [5, 5.41) is 0. The number of benzene rings is 1. The molecule has 1 aliphatic heterocycles. The maximum absolute atomic E-state index is 6.03. The van der Waals surface area contributed by atoms with Gasteiger partial charge in [0.2, 0.25) is 5.95 Å². The van der Waals surface area contributed by atoms with Crippen LogP contribution in [-0.4, -0.2) is 22.8 Å². The van der Waals surface area contributed by atoms with Crippen molar-refractivity contribution in [2.45, 2.75) is 19.4 Å². The molecule has 0 bridgehead atoms. The first kappa shape index (κ1) is 10.6. The molecule has 0 aliphatic carbocycles. The summed E-state index contributed by atoms with van der Waals surface area (Å²) < 4.78 is 7.59. The second-order valence-electron chi connectivity index (χ2n) is 4.69. The lowest BCUT2D eigenvalue weighted by Gasteiger charge is -2.21. The first-order valence-corrected chi connectivity index (χ1v) is 6.07. The smallest absolute Gasteiger partial charge is 0.201 e. The largest absolute Gasteiger partial charge is 0.381 e. The fourth-order valence-corrected chi connectivity index (χ4v) is 2.64. The van der Waals surface area contributed by atoms with Crippen molar-refractivity contribution in [1.82, 2.24) is 9.55 Å². The predicted molar refractivity (Wildman–Crippen MR) is 67.8 cm³/mol. The third-order valence-corrected chi connectivity index (χ3v) is 3.68. The molecule has 2 aromatic rings. The average molecular weight is 231 g/mol. The maximum Gasteiger partial charge on any atom is 0.201 e. The van der Waals surface area contributed by atoms with Gasteiger partial charge in [0, 0.05) is 18.6 Å². The van der Waals surface area contributed by atoms with Crippen LogP contribution in [0.4, 0.5) is 5.95 Å². The number of nitrogens with two attached hydrogens (primary N) is 1. The Balaban J connectivity index is 2.06. The van der Waals surface area contributed by atoms with Crippen LogP contribution in [0.3, 0.4) is 0 Å². The first-order valence-electron chi connectivity index (χ1n) is 6.07. The molecule has 3 rings (SSSR count). The average Bonchev–Trinajstić information content (AvgIpc) is 2.94. The minimum Gasteiger partial charge on any atom is -0.381 e. The van der Waals surface area contributed by atoms with E-state index in [4.69, 9.17) is 10.5 Å². The van der Waals surface area contributed by atoms with Gasteiger partial charge in [-0.05, 0) is 25.5 Å². The van der Waals surface area contributed by atoms with Gasteiger partial charge in [0.25, 0.3) is 0 Å². The molecule has 1 aliphatic rings. The standard InChI is InChI=1S/C13H17N3O/c1-9(10-6-7-17-8-10)16-12-5-3-2-4-11(12)15-13(16)14/h2-5,9-10H,6-8H2,1H3,(H2,14,15). The van der Waals surface area contributed by atoms with Crippen LogP contribution in [-0.2, 0) is 4.74 Å². The van der Waals surface area contributed by atoms with E-state index in [-0.39, 0.29) is 0 Å². The molecule has 2 unspecified atom stereocenters. The number of para-hydroxylation sites is 2. The molecule has 0 amide bonds. The van der Waals surface area contributed by atoms with Crippen LogP contribution in [0.15, 0.2) is 24.3 Å². The van der Waals surface area contributed by atoms with Crippen LogP contribution in [0.5, 0.6) is 0 Å². The summed E-state index contributed by atoms with van der Waals surface area (Å²) >= 11 is 0. The van der Waals surface area contributed by atoms with Crippen molar-refractivity contribution >= 4 is 17.0 Å². The molecule has 2 N–H and O–H groups in total. The van der Waals surface area contributed by atoms with Crippen LogP contribution in [0.2, 0.25) is 0 Å². The number of nitrogen functional groups attached to an aromatic ring is 1. The lowest BCUT2D eigenvalue weighted by molar-refractivity contribution is 0.176. The molecule has 90 valence electrons. The number of aromatic nitrogens is 2. The van der Waals surface area contributed by atoms with E-state index < -0.39 is 0 Å². The zero-order valence-corrected chi connectivity index (χ0v) is 9.97. The van der Waals surface area contributed by atoms with E-state index in [1.165, 1.54) is 0 Å². The molecule has 1 aromatic carbocycles. The number of hydrogen-bond donors (Lipinski definition) is 1. The molecule has 1 aromatic heterocycles. The Labute approximate surface area is 100 Å². The van der Waals surface area contributed by atoms with Gasteiger partial charge in [0.1, 0.15) is 0 Å². The Morgan fingerprint density at radius 3 is 3.06 bits per heavy atom. The summed E-state index contributed by atoms with van der Waals surface area (Å²) in [5.74, 6) is 1.14. The van der Waals surface area contributed by atoms with E-state index in [9.17, 15) is 0 Å². The highest BCUT2D eigenvalue weighted by Crippen LogP contribution is 2.31. The topological polar surface area (TPSA) is 53.1 Å². The number of fused-ring (bicyclic) bond motifs is 1. The van der Waals surface area contributed by atoms with Gasteiger partial charge in [-0.1, -0.05) is 12.1 Å². The molecule has 2 heterocycles. The number of rotatable bonds is 2. The zero-order chi connectivity index (χ0) is 11.8. The molecule has 1 fully saturated rings. The molecule has 0 spiro atoms. The highest BCUT2D eigenvalue weighted by molar-refractivity contribution is 5.78. The summed E-state index contributed by atoms with van der Waals surface area (Å²) in [5.41, 5.74) is 8.12. The highest BCUT2D eigenvalue weighted by atomic mass is 16.5. The molecule has 4 nitrogen and oxygen atoms in total. The van der Waals surface area contributed by atoms with Crippen LogP contribution in [0, 0.1) is 5.92 Å². The Kier molecular flexibility index (Phi) is 2.52. The zero-order valence-electron chi connectivity index (χ0n) is 9.97. The normalized spacial score (nSPS) is 22.1. The van der Waals surface area contributed by atoms with Gasteiger partial charge >= 0.3 is 0 Å². The summed E-state index contributed by atoms with van der Waals surface area (Å²) in [7, 11) is 0. The molecule has 17 heavy (non-hydrogen) atoms. The van der Waals surface area contributed by atoms with Crippen molar-refractivity contribution in [2.75, 3.05) is 18.9 Å². The molecular weight excluding hydrogens is 214 g/mol. The summed E-state index contributed by atoms with van der Waals surface area (Å²) in [6.07, 6.45) is 1.10. The van der Waals surface area contributed by atoms with E-state index >= 15 is 0 Å². The van der Waals surface area contributed by atoms with Crippen LogP contribution in [0.25, 0.3) is 11.0 Å². The number of ether oxygens (including phenoxy) is 1. The number of nitrogens with zero attached hydrogens (tertiary/aromatic N) is 2. The van der Waals surface area contributed by atoms with Gasteiger partial charge in [-0.2, -0.15) is 0 Å². The monoisotopic (exact) mass is 231 g/mol. The van der Waals surface area contributed by atoms with Crippen molar-refractivity contribution < 1.29 is 4.74 Å². The van der Waals surface area contributed by atoms with Crippen molar-refractivity contribution in [2.24, 2.45) is 5.92 Å². The van der Waals surface area contributed by atoms with Gasteiger partial charge < -0.3 is 15.0 Å². The van der Waals surface area contributed by atoms with Crippen molar-refractivity contribution in [3.8, 4) is 0 Å². The lowest BCUT2D eigenvalue weighted by atomic mass is 10.0. The molecule has 2 atom stereocenters. The van der Waals surface area contributed by atoms with Crippen LogP contribution >= 0.6 is 0 Å². The van der Waals surface area contributed by atoms with Crippen LogP contribution in [0.1, 0.15) is 19.4 Å². The molecule has 1 saturated heterocycles. The Bertz CT molecular complexity index is 528. The summed E-state index contributed by atoms with van der Waals surface area (Å²) in [4.78, 5) is 4.41. The van der Waals surface area contributed by atoms with Crippen molar-refractivity contribution in [3.63, 3.8) is 0 Å². The maximum atomic E-state index is 6.03. The molecule has 4 heteroatoms. The van der Waals surface area contributed by atoms with Crippen molar-refractivity contribution in [1.29, 1.82) is 0 Å². The third kappa shape index (κ3) is 1.69. The van der Waals surface area contributed by atoms with Crippen molar-refractivity contribution in [3.05, 3.63) is 24.3 Å². The third-order valence-electron chi connectivity index (χ3n) is 3.68. The first-order chi connectivity index (χ1) is 8.27. The fraction of sp³-hybridized carbons (Fsp3) is 0.462. The minimum absolute atomic E-state index is 0.338. The molecule has 0 radical (unpaired) electrons. The van der Waals surface area contributed by atoms with Gasteiger partial charge in [-0.15, -0.1) is 0 Å². The van der Waals surface area contributed by atoms with E-state index in [1.54, 1.807) is 0 Å². The molecule has 0 saturated carbocycles. The fourth-order valence-electron chi connectivity index (χ4n) is 2.64. The Morgan fingerprint density at radius 1 is 1.47 bits per heavy atom. The quantitative estimate of drug-likeness (QED) is 0.862. The van der Waals surface area contributed by atoms with Gasteiger partial charge in [-0.25, -0.2) is 4.98 Å². The minimum atomic E-state index is 0.338. The van der Waals surface area contributed by atoms with Crippen LogP contribution < -0.4 is 5.73 Å².